The third-order valence-corrected chi connectivity index (χ3v) is 2.84. The number of ether oxygens (including phenoxy) is 1. The van der Waals surface area contributed by atoms with Crippen LogP contribution in [-0.4, -0.2) is 19.1 Å². The summed E-state index contributed by atoms with van der Waals surface area (Å²) in [7, 11) is 0. The van der Waals surface area contributed by atoms with E-state index >= 15 is 0 Å². The molecular formula is C13H18N2O2. The van der Waals surface area contributed by atoms with Gasteiger partial charge < -0.3 is 15.8 Å². The third-order valence-electron chi connectivity index (χ3n) is 2.84. The summed E-state index contributed by atoms with van der Waals surface area (Å²) in [5, 5.41) is 3.31. The van der Waals surface area contributed by atoms with Gasteiger partial charge in [-0.3, -0.25) is 0 Å². The van der Waals surface area contributed by atoms with Gasteiger partial charge in [0, 0.05) is 17.9 Å². The van der Waals surface area contributed by atoms with Crippen LogP contribution >= 0.6 is 0 Å². The molecule has 0 unspecified atom stereocenters. The van der Waals surface area contributed by atoms with Crippen molar-refractivity contribution in [2.75, 3.05) is 24.2 Å². The lowest BCUT2D eigenvalue weighted by atomic mass is 10.1. The number of anilines is 2. The van der Waals surface area contributed by atoms with Crippen LogP contribution in [0.1, 0.15) is 30.1 Å². The van der Waals surface area contributed by atoms with Gasteiger partial charge in [-0.25, -0.2) is 4.79 Å². The van der Waals surface area contributed by atoms with E-state index in [-0.39, 0.29) is 5.97 Å². The van der Waals surface area contributed by atoms with Crippen molar-refractivity contribution < 1.29 is 9.53 Å². The molecule has 0 aromatic heterocycles. The average Bonchev–Trinajstić information content (AvgIpc) is 3.12. The minimum absolute atomic E-state index is 0.359. The van der Waals surface area contributed by atoms with Crippen LogP contribution in [0.25, 0.3) is 0 Å². The lowest BCUT2D eigenvalue weighted by Gasteiger charge is -2.09. The maximum Gasteiger partial charge on any atom is 0.340 e. The molecule has 3 N–H and O–H groups in total. The molecule has 17 heavy (non-hydrogen) atoms. The zero-order chi connectivity index (χ0) is 12.3. The van der Waals surface area contributed by atoms with Crippen LogP contribution in [-0.2, 0) is 4.74 Å². The fourth-order valence-electron chi connectivity index (χ4n) is 1.64. The van der Waals surface area contributed by atoms with Gasteiger partial charge in [0.1, 0.15) is 0 Å². The first-order valence-corrected chi connectivity index (χ1v) is 6.01. The molecule has 1 aromatic carbocycles. The molecular weight excluding hydrogens is 216 g/mol. The zero-order valence-electron chi connectivity index (χ0n) is 10.0. The molecule has 1 aliphatic rings. The van der Waals surface area contributed by atoms with Gasteiger partial charge in [0.15, 0.2) is 0 Å². The molecule has 4 heteroatoms. The van der Waals surface area contributed by atoms with E-state index in [9.17, 15) is 4.79 Å². The van der Waals surface area contributed by atoms with Crippen LogP contribution in [0.2, 0.25) is 0 Å². The topological polar surface area (TPSA) is 64.3 Å². The maximum absolute atomic E-state index is 11.6. The second-order valence-corrected chi connectivity index (χ2v) is 4.35. The molecule has 0 spiro atoms. The Hall–Kier alpha value is -1.71. The molecule has 2 rings (SSSR count). The molecule has 4 nitrogen and oxygen atoms in total. The van der Waals surface area contributed by atoms with Gasteiger partial charge in [0.2, 0.25) is 0 Å². The van der Waals surface area contributed by atoms with E-state index in [1.165, 1.54) is 12.8 Å². The summed E-state index contributed by atoms with van der Waals surface area (Å²) in [4.78, 5) is 11.6. The minimum atomic E-state index is -0.361. The summed E-state index contributed by atoms with van der Waals surface area (Å²) < 4.78 is 4.95. The molecule has 1 aromatic rings. The first-order valence-electron chi connectivity index (χ1n) is 6.01. The van der Waals surface area contributed by atoms with Gasteiger partial charge in [-0.05, 0) is 43.9 Å². The summed E-state index contributed by atoms with van der Waals surface area (Å²) in [6.07, 6.45) is 2.60. The van der Waals surface area contributed by atoms with Gasteiger partial charge >= 0.3 is 5.97 Å². The van der Waals surface area contributed by atoms with Gasteiger partial charge in [-0.15, -0.1) is 0 Å². The van der Waals surface area contributed by atoms with E-state index in [1.807, 2.05) is 6.07 Å². The van der Waals surface area contributed by atoms with Crippen molar-refractivity contribution in [1.82, 2.24) is 0 Å². The van der Waals surface area contributed by atoms with Crippen LogP contribution in [0.15, 0.2) is 18.2 Å². The van der Waals surface area contributed by atoms with Crippen molar-refractivity contribution in [3.8, 4) is 0 Å². The summed E-state index contributed by atoms with van der Waals surface area (Å²) in [6.45, 7) is 3.10. The van der Waals surface area contributed by atoms with Crippen molar-refractivity contribution >= 4 is 17.3 Å². The molecule has 0 atom stereocenters. The molecule has 0 aliphatic heterocycles. The summed E-state index contributed by atoms with van der Waals surface area (Å²) in [6, 6.07) is 5.39. The number of esters is 1. The Labute approximate surface area is 101 Å². The van der Waals surface area contributed by atoms with Crippen molar-refractivity contribution in [1.29, 1.82) is 0 Å². The number of carbonyl (C=O) groups is 1. The van der Waals surface area contributed by atoms with Crippen LogP contribution in [0.5, 0.6) is 0 Å². The zero-order valence-corrected chi connectivity index (χ0v) is 10.0. The highest BCUT2D eigenvalue weighted by Gasteiger charge is 2.20. The van der Waals surface area contributed by atoms with Crippen molar-refractivity contribution in [3.63, 3.8) is 0 Å². The van der Waals surface area contributed by atoms with E-state index in [2.05, 4.69) is 5.32 Å². The van der Waals surface area contributed by atoms with E-state index < -0.39 is 0 Å². The number of benzene rings is 1. The normalized spacial score (nSPS) is 14.4. The number of nitrogen functional groups attached to an aromatic ring is 1. The van der Waals surface area contributed by atoms with E-state index in [4.69, 9.17) is 10.5 Å². The van der Waals surface area contributed by atoms with Gasteiger partial charge in [0.25, 0.3) is 0 Å². The Morgan fingerprint density at radius 1 is 1.53 bits per heavy atom. The summed E-state index contributed by atoms with van der Waals surface area (Å²) in [5.74, 6) is 0.429. The highest BCUT2D eigenvalue weighted by atomic mass is 16.5. The molecule has 0 heterocycles. The lowest BCUT2D eigenvalue weighted by molar-refractivity contribution is 0.0527. The molecule has 1 fully saturated rings. The highest BCUT2D eigenvalue weighted by Crippen LogP contribution is 2.29. The predicted octanol–water partition coefficient (Wildman–Crippen LogP) is 2.27. The summed E-state index contributed by atoms with van der Waals surface area (Å²) >= 11 is 0. The average molecular weight is 234 g/mol. The molecule has 1 aliphatic carbocycles. The van der Waals surface area contributed by atoms with E-state index in [0.717, 1.165) is 18.2 Å². The van der Waals surface area contributed by atoms with E-state index in [1.54, 1.807) is 19.1 Å². The first kappa shape index (κ1) is 11.8. The fraction of sp³-hybridized carbons (Fsp3) is 0.462. The Bertz CT molecular complexity index is 414. The second kappa shape index (κ2) is 5.08. The molecule has 0 amide bonds. The molecule has 0 saturated heterocycles. The van der Waals surface area contributed by atoms with Crippen molar-refractivity contribution in [2.45, 2.75) is 19.8 Å². The number of carbonyl (C=O) groups excluding carboxylic acids is 1. The number of nitrogens with one attached hydrogen (secondary N) is 1. The van der Waals surface area contributed by atoms with Crippen molar-refractivity contribution in [2.24, 2.45) is 5.92 Å². The third kappa shape index (κ3) is 3.12. The van der Waals surface area contributed by atoms with Gasteiger partial charge in [-0.2, -0.15) is 0 Å². The maximum atomic E-state index is 11.6. The number of rotatable bonds is 5. The van der Waals surface area contributed by atoms with Crippen LogP contribution in [0.4, 0.5) is 11.4 Å². The molecule has 1 saturated carbocycles. The van der Waals surface area contributed by atoms with Gasteiger partial charge in [0.05, 0.1) is 12.2 Å². The number of nitrogens with two attached hydrogens (primary N) is 1. The minimum Gasteiger partial charge on any atom is -0.462 e. The quantitative estimate of drug-likeness (QED) is 0.606. The molecule has 0 bridgehead atoms. The number of hydrogen-bond acceptors (Lipinski definition) is 4. The van der Waals surface area contributed by atoms with Crippen molar-refractivity contribution in [3.05, 3.63) is 23.8 Å². The van der Waals surface area contributed by atoms with Crippen LogP contribution in [0, 0.1) is 5.92 Å². The largest absolute Gasteiger partial charge is 0.462 e. The SMILES string of the molecule is CCOC(=O)c1cc(NCC2CC2)ccc1N. The Balaban J connectivity index is 2.07. The van der Waals surface area contributed by atoms with Gasteiger partial charge in [-0.1, -0.05) is 0 Å². The highest BCUT2D eigenvalue weighted by molar-refractivity contribution is 5.96. The molecule has 92 valence electrons. The molecule has 0 radical (unpaired) electrons. The standard InChI is InChI=1S/C13H18N2O2/c1-2-17-13(16)11-7-10(5-6-12(11)14)15-8-9-3-4-9/h5-7,9,15H,2-4,8,14H2,1H3. The fourth-order valence-corrected chi connectivity index (χ4v) is 1.64. The van der Waals surface area contributed by atoms with Crippen LogP contribution < -0.4 is 11.1 Å². The van der Waals surface area contributed by atoms with Crippen LogP contribution in [0.3, 0.4) is 0 Å². The Morgan fingerprint density at radius 3 is 2.94 bits per heavy atom. The van der Waals surface area contributed by atoms with E-state index in [0.29, 0.717) is 17.9 Å². The summed E-state index contributed by atoms with van der Waals surface area (Å²) in [5.41, 5.74) is 7.58. The first-order chi connectivity index (χ1) is 8.20. The smallest absolute Gasteiger partial charge is 0.340 e. The monoisotopic (exact) mass is 234 g/mol. The second-order valence-electron chi connectivity index (χ2n) is 4.35. The predicted molar refractivity (Wildman–Crippen MR) is 68.0 cm³/mol. The number of hydrogen-bond donors (Lipinski definition) is 2. The lowest BCUT2D eigenvalue weighted by Crippen LogP contribution is -2.10. The Kier molecular flexibility index (Phi) is 3.52. The Morgan fingerprint density at radius 2 is 2.29 bits per heavy atom.